The zero-order valence-electron chi connectivity index (χ0n) is 13.3. The molecule has 23 heavy (non-hydrogen) atoms. The van der Waals surface area contributed by atoms with E-state index in [0.29, 0.717) is 0 Å². The number of hydrogen-bond acceptors (Lipinski definition) is 4. The summed E-state index contributed by atoms with van der Waals surface area (Å²) in [5, 5.41) is 9.08. The molecule has 1 aliphatic rings. The molecule has 1 saturated heterocycles. The Bertz CT molecular complexity index is 694. The van der Waals surface area contributed by atoms with Crippen molar-refractivity contribution in [2.24, 2.45) is 0 Å². The minimum atomic E-state index is -0.910. The highest BCUT2D eigenvalue weighted by Gasteiger charge is 2.19. The first-order chi connectivity index (χ1) is 11.1. The highest BCUT2D eigenvalue weighted by atomic mass is 16.4. The first-order valence-electron chi connectivity index (χ1n) is 7.84. The van der Waals surface area contributed by atoms with Gasteiger partial charge < -0.3 is 10.0 Å². The molecule has 0 atom stereocenters. The zero-order chi connectivity index (χ0) is 16.2. The van der Waals surface area contributed by atoms with Gasteiger partial charge in [0.25, 0.3) is 0 Å². The largest absolute Gasteiger partial charge is 0.478 e. The first-order valence-corrected chi connectivity index (χ1v) is 7.84. The Labute approximate surface area is 136 Å². The van der Waals surface area contributed by atoms with Gasteiger partial charge in [-0.2, -0.15) is 0 Å². The Balaban J connectivity index is 1.60. The van der Waals surface area contributed by atoms with Crippen LogP contribution in [0.5, 0.6) is 0 Å². The van der Waals surface area contributed by atoms with Crippen LogP contribution in [0, 0.1) is 6.92 Å². The number of piperazine rings is 1. The van der Waals surface area contributed by atoms with Gasteiger partial charge in [-0.15, -0.1) is 0 Å². The second-order valence-electron chi connectivity index (χ2n) is 5.96. The number of pyridine rings is 1. The molecule has 0 aliphatic carbocycles. The molecule has 120 valence electrons. The molecule has 0 saturated carbocycles. The molecule has 1 aliphatic heterocycles. The van der Waals surface area contributed by atoms with Gasteiger partial charge in [-0.05, 0) is 24.6 Å². The summed E-state index contributed by atoms with van der Waals surface area (Å²) in [6.07, 6.45) is 1.57. The molecule has 3 rings (SSSR count). The molecule has 1 N–H and O–H groups in total. The van der Waals surface area contributed by atoms with Crippen LogP contribution in [0.4, 0.5) is 5.82 Å². The summed E-state index contributed by atoms with van der Waals surface area (Å²) in [5.41, 5.74) is 2.91. The van der Waals surface area contributed by atoms with Crippen LogP contribution < -0.4 is 4.90 Å². The van der Waals surface area contributed by atoms with E-state index in [9.17, 15) is 4.79 Å². The quantitative estimate of drug-likeness (QED) is 0.939. The average molecular weight is 311 g/mol. The molecule has 0 bridgehead atoms. The van der Waals surface area contributed by atoms with Gasteiger partial charge in [0, 0.05) is 38.9 Å². The number of aromatic carboxylic acids is 1. The second-order valence-corrected chi connectivity index (χ2v) is 5.96. The van der Waals surface area contributed by atoms with Gasteiger partial charge in [0.2, 0.25) is 0 Å². The molecular formula is C18H21N3O2. The number of benzene rings is 1. The minimum absolute atomic E-state index is 0.289. The predicted molar refractivity (Wildman–Crippen MR) is 89.9 cm³/mol. The number of nitrogens with zero attached hydrogens (tertiary/aromatic N) is 3. The minimum Gasteiger partial charge on any atom is -0.478 e. The van der Waals surface area contributed by atoms with Crippen molar-refractivity contribution in [2.45, 2.75) is 13.5 Å². The fourth-order valence-corrected chi connectivity index (χ4v) is 2.93. The van der Waals surface area contributed by atoms with E-state index in [1.807, 2.05) is 0 Å². The molecule has 1 aromatic carbocycles. The van der Waals surface area contributed by atoms with E-state index in [4.69, 9.17) is 5.11 Å². The van der Waals surface area contributed by atoms with Crippen LogP contribution in [0.2, 0.25) is 0 Å². The summed E-state index contributed by atoms with van der Waals surface area (Å²) in [5.74, 6) is -0.160. The zero-order valence-corrected chi connectivity index (χ0v) is 13.3. The normalized spacial score (nSPS) is 15.6. The Kier molecular flexibility index (Phi) is 4.57. The summed E-state index contributed by atoms with van der Waals surface area (Å²) in [6.45, 7) is 6.70. The summed E-state index contributed by atoms with van der Waals surface area (Å²) in [4.78, 5) is 19.9. The monoisotopic (exact) mass is 311 g/mol. The molecule has 0 spiro atoms. The van der Waals surface area contributed by atoms with Crippen LogP contribution in [-0.2, 0) is 6.54 Å². The number of carboxylic acids is 1. The van der Waals surface area contributed by atoms with Crippen molar-refractivity contribution in [3.8, 4) is 0 Å². The Morgan fingerprint density at radius 2 is 1.96 bits per heavy atom. The number of carboxylic acid groups (broad SMARTS) is 1. The van der Waals surface area contributed by atoms with Crippen LogP contribution in [0.15, 0.2) is 42.6 Å². The van der Waals surface area contributed by atoms with Gasteiger partial charge in [0.1, 0.15) is 5.82 Å². The number of rotatable bonds is 4. The van der Waals surface area contributed by atoms with E-state index in [0.717, 1.165) is 38.5 Å². The molecular weight excluding hydrogens is 290 g/mol. The summed E-state index contributed by atoms with van der Waals surface area (Å²) < 4.78 is 0. The fraction of sp³-hybridized carbons (Fsp3) is 0.333. The topological polar surface area (TPSA) is 56.7 Å². The van der Waals surface area contributed by atoms with Gasteiger partial charge in [-0.25, -0.2) is 9.78 Å². The van der Waals surface area contributed by atoms with E-state index in [1.54, 1.807) is 12.3 Å². The molecule has 1 fully saturated rings. The maximum Gasteiger partial charge on any atom is 0.335 e. The SMILES string of the molecule is Cc1cccc(CN2CCN(c3cc(C(=O)O)ccn3)CC2)c1. The number of anilines is 1. The third-order valence-electron chi connectivity index (χ3n) is 4.18. The van der Waals surface area contributed by atoms with Crippen LogP contribution in [0.1, 0.15) is 21.5 Å². The van der Waals surface area contributed by atoms with Gasteiger partial charge >= 0.3 is 5.97 Å². The first kappa shape index (κ1) is 15.5. The highest BCUT2D eigenvalue weighted by molar-refractivity contribution is 5.88. The van der Waals surface area contributed by atoms with Crippen LogP contribution in [-0.4, -0.2) is 47.1 Å². The lowest BCUT2D eigenvalue weighted by molar-refractivity contribution is 0.0696. The van der Waals surface area contributed by atoms with E-state index >= 15 is 0 Å². The maximum absolute atomic E-state index is 11.1. The average Bonchev–Trinajstić information content (AvgIpc) is 2.56. The van der Waals surface area contributed by atoms with E-state index < -0.39 is 5.97 Å². The molecule has 5 nitrogen and oxygen atoms in total. The second kappa shape index (κ2) is 6.79. The summed E-state index contributed by atoms with van der Waals surface area (Å²) >= 11 is 0. The van der Waals surface area contributed by atoms with Crippen molar-refractivity contribution in [3.63, 3.8) is 0 Å². The number of carbonyl (C=O) groups is 1. The number of aryl methyl sites for hydroxylation is 1. The Hall–Kier alpha value is -2.40. The molecule has 2 heterocycles. The molecule has 5 heteroatoms. The molecule has 0 unspecified atom stereocenters. The molecule has 2 aromatic rings. The van der Waals surface area contributed by atoms with Crippen molar-refractivity contribution < 1.29 is 9.90 Å². The lowest BCUT2D eigenvalue weighted by atomic mass is 10.1. The van der Waals surface area contributed by atoms with Crippen LogP contribution in [0.25, 0.3) is 0 Å². The predicted octanol–water partition coefficient (Wildman–Crippen LogP) is 2.41. The third kappa shape index (κ3) is 3.87. The summed E-state index contributed by atoms with van der Waals surface area (Å²) in [7, 11) is 0. The van der Waals surface area contributed by atoms with Gasteiger partial charge in [0.15, 0.2) is 0 Å². The molecule has 1 aromatic heterocycles. The fourth-order valence-electron chi connectivity index (χ4n) is 2.93. The van der Waals surface area contributed by atoms with Crippen LogP contribution >= 0.6 is 0 Å². The lowest BCUT2D eigenvalue weighted by Crippen LogP contribution is -2.46. The lowest BCUT2D eigenvalue weighted by Gasteiger charge is -2.35. The van der Waals surface area contributed by atoms with Crippen molar-refractivity contribution in [3.05, 3.63) is 59.3 Å². The highest BCUT2D eigenvalue weighted by Crippen LogP contribution is 2.16. The van der Waals surface area contributed by atoms with E-state index in [2.05, 4.69) is 46.0 Å². The Morgan fingerprint density at radius 1 is 1.17 bits per heavy atom. The van der Waals surface area contributed by atoms with Crippen LogP contribution in [0.3, 0.4) is 0 Å². The smallest absolute Gasteiger partial charge is 0.335 e. The van der Waals surface area contributed by atoms with E-state index in [1.165, 1.54) is 17.2 Å². The summed E-state index contributed by atoms with van der Waals surface area (Å²) in [6, 6.07) is 11.8. The van der Waals surface area contributed by atoms with Crippen molar-refractivity contribution in [2.75, 3.05) is 31.1 Å². The van der Waals surface area contributed by atoms with E-state index in [-0.39, 0.29) is 5.56 Å². The maximum atomic E-state index is 11.1. The molecule has 0 amide bonds. The van der Waals surface area contributed by atoms with Gasteiger partial charge in [0.05, 0.1) is 5.56 Å². The molecule has 0 radical (unpaired) electrons. The number of hydrogen-bond donors (Lipinski definition) is 1. The van der Waals surface area contributed by atoms with Gasteiger partial charge in [-0.1, -0.05) is 29.8 Å². The number of aromatic nitrogens is 1. The Morgan fingerprint density at radius 3 is 2.65 bits per heavy atom. The van der Waals surface area contributed by atoms with Crippen molar-refractivity contribution in [1.82, 2.24) is 9.88 Å². The van der Waals surface area contributed by atoms with Crippen molar-refractivity contribution in [1.29, 1.82) is 0 Å². The standard InChI is InChI=1S/C18H21N3O2/c1-14-3-2-4-15(11-14)13-20-7-9-21(10-8-20)17-12-16(18(22)23)5-6-19-17/h2-6,11-12H,7-10,13H2,1H3,(H,22,23). The van der Waals surface area contributed by atoms with Gasteiger partial charge in [-0.3, -0.25) is 4.90 Å². The van der Waals surface area contributed by atoms with Crippen molar-refractivity contribution >= 4 is 11.8 Å². The third-order valence-corrected chi connectivity index (χ3v) is 4.18.